The summed E-state index contributed by atoms with van der Waals surface area (Å²) in [6.07, 6.45) is 3.07. The summed E-state index contributed by atoms with van der Waals surface area (Å²) < 4.78 is 0. The van der Waals surface area contributed by atoms with Crippen LogP contribution in [-0.4, -0.2) is 29.0 Å². The number of H-pyrrole nitrogens is 1. The highest BCUT2D eigenvalue weighted by atomic mass is 32.1. The second-order valence-corrected chi connectivity index (χ2v) is 7.71. The smallest absolute Gasteiger partial charge is 0.191 e. The van der Waals surface area contributed by atoms with Gasteiger partial charge in [0.25, 0.3) is 0 Å². The molecule has 0 radical (unpaired) electrons. The van der Waals surface area contributed by atoms with Gasteiger partial charge in [0.2, 0.25) is 0 Å². The van der Waals surface area contributed by atoms with E-state index >= 15 is 0 Å². The van der Waals surface area contributed by atoms with E-state index in [4.69, 9.17) is 4.99 Å². The van der Waals surface area contributed by atoms with Crippen LogP contribution in [-0.2, 0) is 13.0 Å². The molecule has 0 aliphatic heterocycles. The lowest BCUT2D eigenvalue weighted by atomic mass is 10.1. The number of benzene rings is 1. The van der Waals surface area contributed by atoms with Gasteiger partial charge in [0, 0.05) is 35.1 Å². The molecule has 2 aromatic heterocycles. The maximum Gasteiger partial charge on any atom is 0.191 e. The zero-order valence-corrected chi connectivity index (χ0v) is 16.8. The van der Waals surface area contributed by atoms with E-state index in [-0.39, 0.29) is 0 Å². The van der Waals surface area contributed by atoms with Crippen molar-refractivity contribution in [3.05, 3.63) is 51.1 Å². The molecule has 6 heteroatoms. The number of nitrogens with one attached hydrogen (secondary N) is 3. The number of guanidine groups is 1. The fourth-order valence-corrected chi connectivity index (χ4v) is 3.96. The Morgan fingerprint density at radius 2 is 2.08 bits per heavy atom. The Hall–Kier alpha value is -2.34. The van der Waals surface area contributed by atoms with Crippen molar-refractivity contribution in [3.8, 4) is 0 Å². The number of thiazole rings is 1. The van der Waals surface area contributed by atoms with Gasteiger partial charge in [-0.25, -0.2) is 9.98 Å². The molecule has 138 valence electrons. The molecular weight excluding hydrogens is 342 g/mol. The van der Waals surface area contributed by atoms with E-state index in [9.17, 15) is 0 Å². The van der Waals surface area contributed by atoms with Gasteiger partial charge in [0.05, 0.1) is 17.2 Å². The Morgan fingerprint density at radius 1 is 1.23 bits per heavy atom. The van der Waals surface area contributed by atoms with Crippen molar-refractivity contribution < 1.29 is 0 Å². The van der Waals surface area contributed by atoms with Crippen molar-refractivity contribution in [2.45, 2.75) is 40.7 Å². The Morgan fingerprint density at radius 3 is 2.81 bits per heavy atom. The number of aromatic amines is 1. The van der Waals surface area contributed by atoms with Crippen LogP contribution >= 0.6 is 11.3 Å². The zero-order chi connectivity index (χ0) is 18.5. The normalized spacial score (nSPS) is 11.9. The molecule has 0 bridgehead atoms. The van der Waals surface area contributed by atoms with Crippen molar-refractivity contribution in [1.82, 2.24) is 20.6 Å². The Kier molecular flexibility index (Phi) is 5.93. The number of para-hydroxylation sites is 1. The minimum atomic E-state index is 0.666. The standard InChI is InChI=1S/C20H27N5S/c1-5-21-20(24-12-18-14(3)25-15(4)26-18)22-10-9-16-11-23-19-13(2)7-6-8-17(16)19/h6-8,11,23H,5,9-10,12H2,1-4H3,(H2,21,22,24). The number of rotatable bonds is 6. The van der Waals surface area contributed by atoms with Gasteiger partial charge in [0.1, 0.15) is 0 Å². The summed E-state index contributed by atoms with van der Waals surface area (Å²) in [5.74, 6) is 0.856. The summed E-state index contributed by atoms with van der Waals surface area (Å²) in [6, 6.07) is 6.44. The summed E-state index contributed by atoms with van der Waals surface area (Å²) in [5, 5.41) is 9.17. The van der Waals surface area contributed by atoms with Gasteiger partial charge in [0.15, 0.2) is 5.96 Å². The van der Waals surface area contributed by atoms with E-state index in [0.717, 1.165) is 36.2 Å². The minimum Gasteiger partial charge on any atom is -0.361 e. The largest absolute Gasteiger partial charge is 0.361 e. The minimum absolute atomic E-state index is 0.666. The summed E-state index contributed by atoms with van der Waals surface area (Å²) in [4.78, 5) is 13.8. The summed E-state index contributed by atoms with van der Waals surface area (Å²) in [7, 11) is 0. The molecule has 0 aliphatic carbocycles. The molecule has 0 aliphatic rings. The number of aromatic nitrogens is 2. The maximum atomic E-state index is 4.71. The predicted octanol–water partition coefficient (Wildman–Crippen LogP) is 3.85. The molecule has 0 atom stereocenters. The second kappa shape index (κ2) is 8.36. The van der Waals surface area contributed by atoms with Gasteiger partial charge in [-0.05, 0) is 45.2 Å². The highest BCUT2D eigenvalue weighted by molar-refractivity contribution is 7.11. The van der Waals surface area contributed by atoms with Gasteiger partial charge in [-0.1, -0.05) is 18.2 Å². The van der Waals surface area contributed by atoms with Gasteiger partial charge >= 0.3 is 0 Å². The van der Waals surface area contributed by atoms with Crippen LogP contribution in [0.15, 0.2) is 29.4 Å². The third-order valence-electron chi connectivity index (χ3n) is 4.42. The van der Waals surface area contributed by atoms with Crippen LogP contribution in [0.3, 0.4) is 0 Å². The van der Waals surface area contributed by atoms with E-state index in [1.807, 2.05) is 13.8 Å². The molecule has 26 heavy (non-hydrogen) atoms. The monoisotopic (exact) mass is 369 g/mol. The molecule has 2 heterocycles. The van der Waals surface area contributed by atoms with Crippen molar-refractivity contribution in [3.63, 3.8) is 0 Å². The van der Waals surface area contributed by atoms with E-state index in [0.29, 0.717) is 6.54 Å². The summed E-state index contributed by atoms with van der Waals surface area (Å²) in [5.41, 5.74) is 4.94. The molecule has 0 saturated carbocycles. The van der Waals surface area contributed by atoms with Crippen LogP contribution in [0.1, 0.15) is 33.6 Å². The molecule has 5 nitrogen and oxygen atoms in total. The van der Waals surface area contributed by atoms with Crippen molar-refractivity contribution in [1.29, 1.82) is 0 Å². The molecule has 0 saturated heterocycles. The van der Waals surface area contributed by atoms with Crippen molar-refractivity contribution in [2.24, 2.45) is 4.99 Å². The number of fused-ring (bicyclic) bond motifs is 1. The highest BCUT2D eigenvalue weighted by Crippen LogP contribution is 2.21. The van der Waals surface area contributed by atoms with Crippen LogP contribution < -0.4 is 10.6 Å². The lowest BCUT2D eigenvalue weighted by molar-refractivity contribution is 0.802. The fraction of sp³-hybridized carbons (Fsp3) is 0.400. The molecule has 0 unspecified atom stereocenters. The van der Waals surface area contributed by atoms with Gasteiger partial charge < -0.3 is 15.6 Å². The SMILES string of the molecule is CCNC(=NCc1sc(C)nc1C)NCCc1c[nH]c2c(C)cccc12. The van der Waals surface area contributed by atoms with Gasteiger partial charge in [-0.2, -0.15) is 0 Å². The first-order valence-corrected chi connectivity index (χ1v) is 9.90. The second-order valence-electron chi connectivity index (χ2n) is 6.42. The molecule has 0 spiro atoms. The quantitative estimate of drug-likeness (QED) is 0.457. The van der Waals surface area contributed by atoms with E-state index in [1.54, 1.807) is 11.3 Å². The first-order chi connectivity index (χ1) is 12.6. The van der Waals surface area contributed by atoms with Crippen LogP contribution in [0.4, 0.5) is 0 Å². The zero-order valence-electron chi connectivity index (χ0n) is 15.9. The predicted molar refractivity (Wildman–Crippen MR) is 111 cm³/mol. The third-order valence-corrected chi connectivity index (χ3v) is 5.48. The molecule has 1 aromatic carbocycles. The van der Waals surface area contributed by atoms with Gasteiger partial charge in [-0.15, -0.1) is 11.3 Å². The molecule has 3 N–H and O–H groups in total. The number of aryl methyl sites for hydroxylation is 3. The van der Waals surface area contributed by atoms with E-state index in [2.05, 4.69) is 58.8 Å². The molecule has 0 fully saturated rings. The molecule has 3 rings (SSSR count). The molecular formula is C20H27N5S. The Bertz CT molecular complexity index is 906. The van der Waals surface area contributed by atoms with E-state index < -0.39 is 0 Å². The first-order valence-electron chi connectivity index (χ1n) is 9.09. The van der Waals surface area contributed by atoms with Crippen LogP contribution in [0.5, 0.6) is 0 Å². The van der Waals surface area contributed by atoms with Crippen LogP contribution in [0.2, 0.25) is 0 Å². The highest BCUT2D eigenvalue weighted by Gasteiger charge is 2.07. The van der Waals surface area contributed by atoms with Crippen LogP contribution in [0.25, 0.3) is 10.9 Å². The number of nitrogens with zero attached hydrogens (tertiary/aromatic N) is 2. The van der Waals surface area contributed by atoms with Crippen molar-refractivity contribution >= 4 is 28.2 Å². The van der Waals surface area contributed by atoms with Crippen LogP contribution in [0, 0.1) is 20.8 Å². The number of hydrogen-bond donors (Lipinski definition) is 3. The molecule has 0 amide bonds. The average Bonchev–Trinajstić information content (AvgIpc) is 3.16. The number of hydrogen-bond acceptors (Lipinski definition) is 3. The maximum absolute atomic E-state index is 4.71. The summed E-state index contributed by atoms with van der Waals surface area (Å²) in [6.45, 7) is 10.7. The van der Waals surface area contributed by atoms with E-state index in [1.165, 1.54) is 26.9 Å². The number of aliphatic imine (C=N–C) groups is 1. The summed E-state index contributed by atoms with van der Waals surface area (Å²) >= 11 is 1.72. The Labute approximate surface area is 159 Å². The fourth-order valence-electron chi connectivity index (χ4n) is 3.10. The molecule has 3 aromatic rings. The topological polar surface area (TPSA) is 65.1 Å². The van der Waals surface area contributed by atoms with Gasteiger partial charge in [-0.3, -0.25) is 0 Å². The Balaban J connectivity index is 1.62. The van der Waals surface area contributed by atoms with Crippen molar-refractivity contribution in [2.75, 3.05) is 13.1 Å². The lowest BCUT2D eigenvalue weighted by Crippen LogP contribution is -2.38. The third kappa shape index (κ3) is 4.25. The first kappa shape index (κ1) is 18.5. The lowest BCUT2D eigenvalue weighted by Gasteiger charge is -2.11. The average molecular weight is 370 g/mol.